The van der Waals surface area contributed by atoms with Crippen LogP contribution in [0.25, 0.3) is 0 Å². The van der Waals surface area contributed by atoms with Crippen molar-refractivity contribution >= 4 is 11.6 Å². The van der Waals surface area contributed by atoms with Crippen LogP contribution in [0.4, 0.5) is 0 Å². The lowest BCUT2D eigenvalue weighted by Gasteiger charge is -2.24. The van der Waals surface area contributed by atoms with Crippen LogP contribution in [-0.4, -0.2) is 34.0 Å². The zero-order chi connectivity index (χ0) is 16.5. The standard InChI is InChI=1S/C17H21ClN4O2/c1-2-15-20-16-4-3-12(10-22(16)21-15)19-9-11-7-13(18)17-14(8-11)23-5-6-24-17/h7-8,12,19H,2-6,9-10H2,1H3/t12-/m0/s1. The van der Waals surface area contributed by atoms with Crippen LogP contribution in [0.2, 0.25) is 5.02 Å². The van der Waals surface area contributed by atoms with E-state index in [0.29, 0.717) is 30.0 Å². The number of fused-ring (bicyclic) bond motifs is 2. The highest BCUT2D eigenvalue weighted by Gasteiger charge is 2.22. The minimum absolute atomic E-state index is 0.385. The van der Waals surface area contributed by atoms with Gasteiger partial charge in [0.05, 0.1) is 11.6 Å². The van der Waals surface area contributed by atoms with Crippen LogP contribution in [0.5, 0.6) is 11.5 Å². The molecule has 1 aromatic carbocycles. The molecule has 0 saturated carbocycles. The first kappa shape index (κ1) is 15.7. The summed E-state index contributed by atoms with van der Waals surface area (Å²) in [5.41, 5.74) is 1.10. The van der Waals surface area contributed by atoms with Gasteiger partial charge in [-0.25, -0.2) is 9.67 Å². The van der Waals surface area contributed by atoms with Gasteiger partial charge in [0.1, 0.15) is 19.0 Å². The molecular formula is C17H21ClN4O2. The molecule has 2 aliphatic heterocycles. The van der Waals surface area contributed by atoms with E-state index in [1.807, 2.05) is 16.8 Å². The molecule has 4 rings (SSSR count). The molecule has 2 aromatic rings. The maximum Gasteiger partial charge on any atom is 0.179 e. The Kier molecular flexibility index (Phi) is 4.33. The van der Waals surface area contributed by atoms with Gasteiger partial charge in [-0.1, -0.05) is 18.5 Å². The van der Waals surface area contributed by atoms with Crippen LogP contribution >= 0.6 is 11.6 Å². The number of hydrogen-bond acceptors (Lipinski definition) is 5. The molecule has 0 saturated heterocycles. The average molecular weight is 349 g/mol. The smallest absolute Gasteiger partial charge is 0.179 e. The van der Waals surface area contributed by atoms with Crippen molar-refractivity contribution in [2.24, 2.45) is 0 Å². The highest BCUT2D eigenvalue weighted by atomic mass is 35.5. The molecule has 0 unspecified atom stereocenters. The maximum absolute atomic E-state index is 6.30. The fourth-order valence-electron chi connectivity index (χ4n) is 3.21. The second-order valence-corrected chi connectivity index (χ2v) is 6.61. The molecule has 0 bridgehead atoms. The Bertz CT molecular complexity index is 746. The van der Waals surface area contributed by atoms with E-state index in [1.54, 1.807) is 0 Å². The first-order chi connectivity index (χ1) is 11.7. The van der Waals surface area contributed by atoms with Crippen molar-refractivity contribution in [2.75, 3.05) is 13.2 Å². The monoisotopic (exact) mass is 348 g/mol. The van der Waals surface area contributed by atoms with Gasteiger partial charge in [-0.05, 0) is 24.1 Å². The van der Waals surface area contributed by atoms with Gasteiger partial charge in [0.15, 0.2) is 17.3 Å². The molecule has 7 heteroatoms. The molecule has 0 radical (unpaired) electrons. The molecule has 0 amide bonds. The number of rotatable bonds is 4. The molecular weight excluding hydrogens is 328 g/mol. The van der Waals surface area contributed by atoms with Crippen LogP contribution in [-0.2, 0) is 25.9 Å². The fraction of sp³-hybridized carbons (Fsp3) is 0.529. The zero-order valence-electron chi connectivity index (χ0n) is 13.7. The van der Waals surface area contributed by atoms with Crippen molar-refractivity contribution in [3.8, 4) is 11.5 Å². The Morgan fingerprint density at radius 2 is 2.21 bits per heavy atom. The summed E-state index contributed by atoms with van der Waals surface area (Å²) in [4.78, 5) is 4.56. The Morgan fingerprint density at radius 1 is 1.33 bits per heavy atom. The Labute approximate surface area is 146 Å². The van der Waals surface area contributed by atoms with Crippen LogP contribution < -0.4 is 14.8 Å². The second-order valence-electron chi connectivity index (χ2n) is 6.20. The minimum atomic E-state index is 0.385. The number of aromatic nitrogens is 3. The third-order valence-electron chi connectivity index (χ3n) is 4.47. The Balaban J connectivity index is 1.41. The first-order valence-corrected chi connectivity index (χ1v) is 8.84. The van der Waals surface area contributed by atoms with E-state index >= 15 is 0 Å². The largest absolute Gasteiger partial charge is 0.486 e. The van der Waals surface area contributed by atoms with Crippen molar-refractivity contribution in [3.05, 3.63) is 34.4 Å². The normalized spacial score (nSPS) is 19.2. The number of ether oxygens (including phenoxy) is 2. The SMILES string of the molecule is CCc1nc2n(n1)C[C@@H](NCc1cc(Cl)c3c(c1)OCCO3)CC2. The van der Waals surface area contributed by atoms with Gasteiger partial charge in [-0.15, -0.1) is 0 Å². The number of hydrogen-bond donors (Lipinski definition) is 1. The van der Waals surface area contributed by atoms with E-state index in [4.69, 9.17) is 21.1 Å². The maximum atomic E-state index is 6.30. The van der Waals surface area contributed by atoms with E-state index in [0.717, 1.165) is 55.3 Å². The Morgan fingerprint density at radius 3 is 3.08 bits per heavy atom. The van der Waals surface area contributed by atoms with Gasteiger partial charge in [0.25, 0.3) is 0 Å². The summed E-state index contributed by atoms with van der Waals surface area (Å²) in [5.74, 6) is 3.43. The van der Waals surface area contributed by atoms with Crippen molar-refractivity contribution in [1.82, 2.24) is 20.1 Å². The zero-order valence-corrected chi connectivity index (χ0v) is 14.5. The lowest BCUT2D eigenvalue weighted by Crippen LogP contribution is -2.37. The quantitative estimate of drug-likeness (QED) is 0.919. The molecule has 1 N–H and O–H groups in total. The first-order valence-electron chi connectivity index (χ1n) is 8.47. The Hall–Kier alpha value is -1.79. The van der Waals surface area contributed by atoms with Crippen molar-refractivity contribution < 1.29 is 9.47 Å². The number of nitrogens with zero attached hydrogens (tertiary/aromatic N) is 3. The van der Waals surface area contributed by atoms with E-state index in [-0.39, 0.29) is 0 Å². The number of aryl methyl sites for hydroxylation is 2. The van der Waals surface area contributed by atoms with Gasteiger partial charge in [0.2, 0.25) is 0 Å². The molecule has 128 valence electrons. The highest BCUT2D eigenvalue weighted by molar-refractivity contribution is 6.32. The predicted octanol–water partition coefficient (Wildman–Crippen LogP) is 2.37. The highest BCUT2D eigenvalue weighted by Crippen LogP contribution is 2.38. The lowest BCUT2D eigenvalue weighted by molar-refractivity contribution is 0.171. The fourth-order valence-corrected chi connectivity index (χ4v) is 3.49. The van der Waals surface area contributed by atoms with E-state index in [2.05, 4.69) is 22.3 Å². The third-order valence-corrected chi connectivity index (χ3v) is 4.75. The summed E-state index contributed by atoms with van der Waals surface area (Å²) in [6.45, 7) is 4.80. The average Bonchev–Trinajstić information content (AvgIpc) is 3.02. The van der Waals surface area contributed by atoms with Gasteiger partial charge in [-0.2, -0.15) is 5.10 Å². The van der Waals surface area contributed by atoms with E-state index < -0.39 is 0 Å². The van der Waals surface area contributed by atoms with Gasteiger partial charge in [-0.3, -0.25) is 0 Å². The van der Waals surface area contributed by atoms with Gasteiger partial charge >= 0.3 is 0 Å². The van der Waals surface area contributed by atoms with E-state index in [9.17, 15) is 0 Å². The van der Waals surface area contributed by atoms with Crippen molar-refractivity contribution in [2.45, 2.75) is 45.3 Å². The molecule has 24 heavy (non-hydrogen) atoms. The summed E-state index contributed by atoms with van der Waals surface area (Å²) in [5, 5.41) is 8.76. The summed E-state index contributed by atoms with van der Waals surface area (Å²) >= 11 is 6.30. The van der Waals surface area contributed by atoms with E-state index in [1.165, 1.54) is 0 Å². The molecule has 1 atom stereocenters. The molecule has 6 nitrogen and oxygen atoms in total. The number of halogens is 1. The van der Waals surface area contributed by atoms with Gasteiger partial charge < -0.3 is 14.8 Å². The predicted molar refractivity (Wildman–Crippen MR) is 90.8 cm³/mol. The van der Waals surface area contributed by atoms with Crippen molar-refractivity contribution in [3.63, 3.8) is 0 Å². The van der Waals surface area contributed by atoms with Crippen LogP contribution in [0, 0.1) is 0 Å². The van der Waals surface area contributed by atoms with Gasteiger partial charge in [0, 0.05) is 25.4 Å². The van der Waals surface area contributed by atoms with Crippen molar-refractivity contribution in [1.29, 1.82) is 0 Å². The molecule has 2 aliphatic rings. The second kappa shape index (κ2) is 6.61. The number of nitrogens with one attached hydrogen (secondary N) is 1. The molecule has 3 heterocycles. The van der Waals surface area contributed by atoms with Crippen LogP contribution in [0.3, 0.4) is 0 Å². The molecule has 1 aromatic heterocycles. The summed E-state index contributed by atoms with van der Waals surface area (Å²) in [6, 6.07) is 4.34. The van der Waals surface area contributed by atoms with Crippen LogP contribution in [0.1, 0.15) is 30.6 Å². The lowest BCUT2D eigenvalue weighted by atomic mass is 10.1. The molecule has 0 aliphatic carbocycles. The summed E-state index contributed by atoms with van der Waals surface area (Å²) < 4.78 is 13.2. The minimum Gasteiger partial charge on any atom is -0.486 e. The number of benzene rings is 1. The topological polar surface area (TPSA) is 61.2 Å². The summed E-state index contributed by atoms with van der Waals surface area (Å²) in [6.07, 6.45) is 2.92. The van der Waals surface area contributed by atoms with Crippen LogP contribution in [0.15, 0.2) is 12.1 Å². The molecule has 0 fully saturated rings. The third kappa shape index (κ3) is 3.08. The summed E-state index contributed by atoms with van der Waals surface area (Å²) in [7, 11) is 0. The molecule has 0 spiro atoms.